The van der Waals surface area contributed by atoms with Crippen LogP contribution in [0.5, 0.6) is 0 Å². The Morgan fingerprint density at radius 2 is 2.29 bits per heavy atom. The van der Waals surface area contributed by atoms with Gasteiger partial charge in [-0.2, -0.15) is 0 Å². The monoisotopic (exact) mass is 195 g/mol. The van der Waals surface area contributed by atoms with E-state index in [1.54, 1.807) is 0 Å². The summed E-state index contributed by atoms with van der Waals surface area (Å²) < 4.78 is 2.05. The SMILES string of the molecule is NC[C@@H](O)Cn1cnc2c1CCCC2. The van der Waals surface area contributed by atoms with Gasteiger partial charge in [0.2, 0.25) is 0 Å². The molecule has 4 heteroatoms. The first-order valence-electron chi connectivity index (χ1n) is 5.22. The molecule has 0 radical (unpaired) electrons. The molecule has 0 saturated carbocycles. The maximum atomic E-state index is 9.46. The van der Waals surface area contributed by atoms with Crippen LogP contribution in [0.25, 0.3) is 0 Å². The van der Waals surface area contributed by atoms with Crippen molar-refractivity contribution in [3.8, 4) is 0 Å². The van der Waals surface area contributed by atoms with Crippen molar-refractivity contribution in [3.63, 3.8) is 0 Å². The van der Waals surface area contributed by atoms with Crippen LogP contribution in [0.2, 0.25) is 0 Å². The highest BCUT2D eigenvalue weighted by atomic mass is 16.3. The molecule has 3 N–H and O–H groups in total. The molecule has 0 aromatic carbocycles. The number of rotatable bonds is 3. The standard InChI is InChI=1S/C10H17N3O/c11-5-8(14)6-13-7-12-9-3-1-2-4-10(9)13/h7-8,14H,1-6,11H2/t8-/m1/s1. The van der Waals surface area contributed by atoms with Gasteiger partial charge in [0.05, 0.1) is 24.7 Å². The molecule has 14 heavy (non-hydrogen) atoms. The molecular formula is C10H17N3O. The number of hydrogen-bond donors (Lipinski definition) is 2. The third-order valence-corrected chi connectivity index (χ3v) is 2.79. The lowest BCUT2D eigenvalue weighted by Crippen LogP contribution is -2.26. The van der Waals surface area contributed by atoms with E-state index in [1.165, 1.54) is 24.2 Å². The van der Waals surface area contributed by atoms with Crippen molar-refractivity contribution in [1.29, 1.82) is 0 Å². The predicted octanol–water partition coefficient (Wildman–Crippen LogP) is 0.0815. The van der Waals surface area contributed by atoms with E-state index in [4.69, 9.17) is 5.73 Å². The molecule has 0 fully saturated rings. The van der Waals surface area contributed by atoms with E-state index in [-0.39, 0.29) is 0 Å². The Morgan fingerprint density at radius 3 is 3.07 bits per heavy atom. The number of aliphatic hydroxyl groups excluding tert-OH is 1. The zero-order valence-electron chi connectivity index (χ0n) is 8.32. The maximum absolute atomic E-state index is 9.46. The summed E-state index contributed by atoms with van der Waals surface area (Å²) in [5.74, 6) is 0. The van der Waals surface area contributed by atoms with E-state index in [9.17, 15) is 5.11 Å². The summed E-state index contributed by atoms with van der Waals surface area (Å²) in [5, 5.41) is 9.46. The van der Waals surface area contributed by atoms with Crippen LogP contribution in [-0.4, -0.2) is 27.3 Å². The Kier molecular flexibility index (Phi) is 2.84. The predicted molar refractivity (Wildman–Crippen MR) is 53.9 cm³/mol. The van der Waals surface area contributed by atoms with Gasteiger partial charge in [0.15, 0.2) is 0 Å². The highest BCUT2D eigenvalue weighted by Crippen LogP contribution is 2.19. The lowest BCUT2D eigenvalue weighted by Gasteiger charge is -2.15. The van der Waals surface area contributed by atoms with Gasteiger partial charge in [0, 0.05) is 12.2 Å². The number of fused-ring (bicyclic) bond motifs is 1. The van der Waals surface area contributed by atoms with Gasteiger partial charge in [-0.3, -0.25) is 0 Å². The minimum Gasteiger partial charge on any atom is -0.390 e. The number of aliphatic hydroxyl groups is 1. The number of hydrogen-bond acceptors (Lipinski definition) is 3. The first-order chi connectivity index (χ1) is 6.81. The third-order valence-electron chi connectivity index (χ3n) is 2.79. The van der Waals surface area contributed by atoms with Gasteiger partial charge in [0.25, 0.3) is 0 Å². The molecule has 0 saturated heterocycles. The van der Waals surface area contributed by atoms with E-state index < -0.39 is 6.10 Å². The summed E-state index contributed by atoms with van der Waals surface area (Å²) >= 11 is 0. The Labute approximate surface area is 83.8 Å². The smallest absolute Gasteiger partial charge is 0.0952 e. The Hall–Kier alpha value is -0.870. The molecule has 1 heterocycles. The van der Waals surface area contributed by atoms with Gasteiger partial charge in [-0.15, -0.1) is 0 Å². The molecule has 4 nitrogen and oxygen atoms in total. The summed E-state index contributed by atoms with van der Waals surface area (Å²) in [6.07, 6.45) is 6.03. The molecule has 2 rings (SSSR count). The van der Waals surface area contributed by atoms with Crippen LogP contribution in [0.4, 0.5) is 0 Å². The summed E-state index contributed by atoms with van der Waals surface area (Å²) in [6, 6.07) is 0. The number of imidazole rings is 1. The quantitative estimate of drug-likeness (QED) is 0.718. The molecule has 1 aliphatic carbocycles. The minimum absolute atomic E-state index is 0.312. The van der Waals surface area contributed by atoms with Crippen molar-refractivity contribution in [2.24, 2.45) is 5.73 Å². The van der Waals surface area contributed by atoms with E-state index in [0.717, 1.165) is 12.8 Å². The average molecular weight is 195 g/mol. The summed E-state index contributed by atoms with van der Waals surface area (Å²) in [6.45, 7) is 0.895. The number of nitrogens with zero attached hydrogens (tertiary/aromatic N) is 2. The van der Waals surface area contributed by atoms with Crippen LogP contribution in [-0.2, 0) is 19.4 Å². The molecule has 1 atom stereocenters. The molecule has 1 aliphatic rings. The molecule has 0 bridgehead atoms. The topological polar surface area (TPSA) is 64.1 Å². The van der Waals surface area contributed by atoms with Crippen molar-refractivity contribution in [1.82, 2.24) is 9.55 Å². The van der Waals surface area contributed by atoms with Crippen LogP contribution in [0.1, 0.15) is 24.2 Å². The molecule has 0 unspecified atom stereocenters. The van der Waals surface area contributed by atoms with Crippen molar-refractivity contribution in [3.05, 3.63) is 17.7 Å². The second-order valence-corrected chi connectivity index (χ2v) is 3.89. The van der Waals surface area contributed by atoms with E-state index in [2.05, 4.69) is 4.98 Å². The van der Waals surface area contributed by atoms with Crippen LogP contribution in [0.15, 0.2) is 6.33 Å². The molecule has 1 aromatic heterocycles. The Balaban J connectivity index is 2.14. The van der Waals surface area contributed by atoms with Crippen molar-refractivity contribution in [2.75, 3.05) is 6.54 Å². The summed E-state index contributed by atoms with van der Waals surface area (Å²) in [5.41, 5.74) is 7.88. The van der Waals surface area contributed by atoms with Gasteiger partial charge in [-0.25, -0.2) is 4.98 Å². The number of nitrogens with two attached hydrogens (primary N) is 1. The van der Waals surface area contributed by atoms with Crippen molar-refractivity contribution in [2.45, 2.75) is 38.3 Å². The molecule has 0 amide bonds. The van der Waals surface area contributed by atoms with E-state index >= 15 is 0 Å². The number of aromatic nitrogens is 2. The number of aryl methyl sites for hydroxylation is 1. The third kappa shape index (κ3) is 1.81. The van der Waals surface area contributed by atoms with Gasteiger partial charge in [-0.1, -0.05) is 0 Å². The summed E-state index contributed by atoms with van der Waals surface area (Å²) in [4.78, 5) is 4.36. The fourth-order valence-electron chi connectivity index (χ4n) is 1.99. The molecule has 78 valence electrons. The highest BCUT2D eigenvalue weighted by Gasteiger charge is 2.16. The minimum atomic E-state index is -0.449. The van der Waals surface area contributed by atoms with Crippen LogP contribution >= 0.6 is 0 Å². The van der Waals surface area contributed by atoms with Crippen molar-refractivity contribution < 1.29 is 5.11 Å². The van der Waals surface area contributed by atoms with Gasteiger partial charge >= 0.3 is 0 Å². The molecule has 0 aliphatic heterocycles. The second-order valence-electron chi connectivity index (χ2n) is 3.89. The molecular weight excluding hydrogens is 178 g/mol. The first kappa shape index (κ1) is 9.68. The zero-order valence-corrected chi connectivity index (χ0v) is 8.32. The van der Waals surface area contributed by atoms with Crippen molar-refractivity contribution >= 4 is 0 Å². The summed E-state index contributed by atoms with van der Waals surface area (Å²) in [7, 11) is 0. The second kappa shape index (κ2) is 4.11. The fourth-order valence-corrected chi connectivity index (χ4v) is 1.99. The van der Waals surface area contributed by atoms with Crippen LogP contribution in [0.3, 0.4) is 0 Å². The molecule has 1 aromatic rings. The van der Waals surface area contributed by atoms with E-state index in [1.807, 2.05) is 10.9 Å². The zero-order chi connectivity index (χ0) is 9.97. The fraction of sp³-hybridized carbons (Fsp3) is 0.700. The van der Waals surface area contributed by atoms with Crippen LogP contribution in [0, 0.1) is 0 Å². The molecule has 0 spiro atoms. The maximum Gasteiger partial charge on any atom is 0.0952 e. The van der Waals surface area contributed by atoms with Crippen LogP contribution < -0.4 is 5.73 Å². The largest absolute Gasteiger partial charge is 0.390 e. The Bertz CT molecular complexity index is 308. The normalized spacial score (nSPS) is 17.9. The lowest BCUT2D eigenvalue weighted by molar-refractivity contribution is 0.161. The first-order valence-corrected chi connectivity index (χ1v) is 5.22. The highest BCUT2D eigenvalue weighted by molar-refractivity contribution is 5.16. The van der Waals surface area contributed by atoms with Gasteiger partial charge in [0.1, 0.15) is 0 Å². The Morgan fingerprint density at radius 1 is 1.50 bits per heavy atom. The van der Waals surface area contributed by atoms with Gasteiger partial charge < -0.3 is 15.4 Å². The van der Waals surface area contributed by atoms with E-state index in [0.29, 0.717) is 13.1 Å². The average Bonchev–Trinajstić information content (AvgIpc) is 2.62. The van der Waals surface area contributed by atoms with Gasteiger partial charge in [-0.05, 0) is 25.7 Å². The lowest BCUT2D eigenvalue weighted by atomic mass is 10.0.